The molecule has 1 aromatic heterocycles. The predicted octanol–water partition coefficient (Wildman–Crippen LogP) is 3.37. The summed E-state index contributed by atoms with van der Waals surface area (Å²) in [4.78, 5) is 11.6. The lowest BCUT2D eigenvalue weighted by Gasteiger charge is -2.08. The molecule has 0 atom stereocenters. The number of benzene rings is 1. The van der Waals surface area contributed by atoms with Crippen molar-refractivity contribution in [2.75, 3.05) is 6.61 Å². The van der Waals surface area contributed by atoms with Crippen LogP contribution in [0, 0.1) is 6.92 Å². The second kappa shape index (κ2) is 7.14. The van der Waals surface area contributed by atoms with Crippen LogP contribution < -0.4 is 0 Å². The third-order valence-electron chi connectivity index (χ3n) is 3.04. The third-order valence-corrected chi connectivity index (χ3v) is 5.17. The first-order valence-electron chi connectivity index (χ1n) is 6.89. The minimum Gasteiger partial charge on any atom is -0.463 e. The first kappa shape index (κ1) is 17.5. The second-order valence-corrected chi connectivity index (χ2v) is 7.51. The summed E-state index contributed by atoms with van der Waals surface area (Å²) in [6.07, 6.45) is 4.06. The van der Waals surface area contributed by atoms with Crippen molar-refractivity contribution < 1.29 is 17.9 Å². The van der Waals surface area contributed by atoms with Gasteiger partial charge in [-0.3, -0.25) is 0 Å². The molecular weight excluding hydrogens is 382 g/mol. The quantitative estimate of drug-likeness (QED) is 0.572. The van der Waals surface area contributed by atoms with Gasteiger partial charge >= 0.3 is 5.97 Å². The topological polar surface area (TPSA) is 65.4 Å². The van der Waals surface area contributed by atoms with Gasteiger partial charge in [-0.15, -0.1) is 0 Å². The highest BCUT2D eigenvalue weighted by atomic mass is 79.9. The molecule has 0 aliphatic rings. The van der Waals surface area contributed by atoms with Crippen molar-refractivity contribution in [2.45, 2.75) is 18.7 Å². The molecule has 5 nitrogen and oxygen atoms in total. The molecule has 1 heterocycles. The molecule has 0 aliphatic heterocycles. The first-order chi connectivity index (χ1) is 10.8. The molecule has 0 unspecified atom stereocenters. The number of aromatic nitrogens is 1. The fourth-order valence-corrected chi connectivity index (χ4v) is 3.85. The minimum atomic E-state index is -3.74. The smallest absolute Gasteiger partial charge is 0.330 e. The van der Waals surface area contributed by atoms with Gasteiger partial charge in [0.15, 0.2) is 0 Å². The zero-order chi connectivity index (χ0) is 17.0. The van der Waals surface area contributed by atoms with Crippen LogP contribution in [-0.2, 0) is 19.6 Å². The average Bonchev–Trinajstić information content (AvgIpc) is 2.88. The summed E-state index contributed by atoms with van der Waals surface area (Å²) in [6.45, 7) is 3.85. The maximum Gasteiger partial charge on any atom is 0.330 e. The third kappa shape index (κ3) is 4.11. The van der Waals surface area contributed by atoms with Crippen molar-refractivity contribution in [3.8, 4) is 0 Å². The molecule has 0 fully saturated rings. The summed E-state index contributed by atoms with van der Waals surface area (Å²) in [5.41, 5.74) is 1.32. The molecule has 0 spiro atoms. The van der Waals surface area contributed by atoms with Crippen LogP contribution in [-0.4, -0.2) is 25.0 Å². The summed E-state index contributed by atoms with van der Waals surface area (Å²) < 4.78 is 32.0. The largest absolute Gasteiger partial charge is 0.463 e. The van der Waals surface area contributed by atoms with Crippen molar-refractivity contribution in [2.24, 2.45) is 0 Å². The number of ether oxygens (including phenoxy) is 1. The van der Waals surface area contributed by atoms with Gasteiger partial charge < -0.3 is 4.74 Å². The van der Waals surface area contributed by atoms with E-state index in [9.17, 15) is 13.2 Å². The van der Waals surface area contributed by atoms with Crippen molar-refractivity contribution >= 4 is 38.0 Å². The van der Waals surface area contributed by atoms with Gasteiger partial charge in [0, 0.05) is 16.7 Å². The molecule has 0 bridgehead atoms. The Labute approximate surface area is 143 Å². The van der Waals surface area contributed by atoms with E-state index < -0.39 is 16.0 Å². The number of carbonyl (C=O) groups is 1. The molecule has 7 heteroatoms. The molecule has 2 aromatic rings. The maximum absolute atomic E-state index is 12.7. The molecule has 0 saturated carbocycles. The van der Waals surface area contributed by atoms with Gasteiger partial charge in [-0.2, -0.15) is 0 Å². The van der Waals surface area contributed by atoms with Crippen LogP contribution in [0.3, 0.4) is 0 Å². The Kier molecular flexibility index (Phi) is 5.43. The van der Waals surface area contributed by atoms with E-state index in [1.54, 1.807) is 37.3 Å². The predicted molar refractivity (Wildman–Crippen MR) is 91.6 cm³/mol. The lowest BCUT2D eigenvalue weighted by Crippen LogP contribution is -2.13. The van der Waals surface area contributed by atoms with E-state index in [2.05, 4.69) is 15.9 Å². The number of aryl methyl sites for hydroxylation is 1. The number of nitrogens with zero attached hydrogens (tertiary/aromatic N) is 1. The molecule has 23 heavy (non-hydrogen) atoms. The summed E-state index contributed by atoms with van der Waals surface area (Å²) in [7, 11) is -3.74. The molecular formula is C16H16BrNO4S. The van der Waals surface area contributed by atoms with E-state index in [0.717, 1.165) is 9.54 Å². The molecule has 0 radical (unpaired) electrons. The van der Waals surface area contributed by atoms with Gasteiger partial charge in [0.25, 0.3) is 10.0 Å². The van der Waals surface area contributed by atoms with Gasteiger partial charge in [-0.25, -0.2) is 17.2 Å². The van der Waals surface area contributed by atoms with Gasteiger partial charge in [0.1, 0.15) is 0 Å². The van der Waals surface area contributed by atoms with E-state index in [0.29, 0.717) is 10.2 Å². The van der Waals surface area contributed by atoms with Gasteiger partial charge in [0.2, 0.25) is 0 Å². The summed E-state index contributed by atoms with van der Waals surface area (Å²) in [5.74, 6) is -0.524. The number of rotatable bonds is 5. The van der Waals surface area contributed by atoms with E-state index in [4.69, 9.17) is 4.74 Å². The van der Waals surface area contributed by atoms with Crippen LogP contribution >= 0.6 is 15.9 Å². The molecule has 0 saturated heterocycles. The van der Waals surface area contributed by atoms with E-state index in [1.807, 2.05) is 6.92 Å². The molecule has 0 N–H and O–H groups in total. The van der Waals surface area contributed by atoms with Crippen molar-refractivity contribution in [1.29, 1.82) is 0 Å². The van der Waals surface area contributed by atoms with Crippen molar-refractivity contribution in [1.82, 2.24) is 3.97 Å². The number of hydrogen-bond donors (Lipinski definition) is 0. The average molecular weight is 398 g/mol. The molecule has 2 rings (SSSR count). The highest BCUT2D eigenvalue weighted by molar-refractivity contribution is 9.10. The SMILES string of the molecule is CCOC(=O)/C=C/c1cc(Br)cn1S(=O)(=O)c1ccc(C)cc1. The fourth-order valence-electron chi connectivity index (χ4n) is 1.93. The normalized spacial score (nSPS) is 11.8. The number of hydrogen-bond acceptors (Lipinski definition) is 4. The van der Waals surface area contributed by atoms with Crippen LogP contribution in [0.5, 0.6) is 0 Å². The summed E-state index contributed by atoms with van der Waals surface area (Å²) in [5, 5.41) is 0. The van der Waals surface area contributed by atoms with Crippen LogP contribution in [0.4, 0.5) is 0 Å². The number of carbonyl (C=O) groups excluding carboxylic acids is 1. The number of esters is 1. The zero-order valence-corrected chi connectivity index (χ0v) is 15.1. The zero-order valence-electron chi connectivity index (χ0n) is 12.7. The van der Waals surface area contributed by atoms with Crippen LogP contribution in [0.2, 0.25) is 0 Å². The molecule has 0 amide bonds. The monoisotopic (exact) mass is 397 g/mol. The van der Waals surface area contributed by atoms with Crippen molar-refractivity contribution in [3.63, 3.8) is 0 Å². The molecule has 122 valence electrons. The highest BCUT2D eigenvalue weighted by Crippen LogP contribution is 2.23. The lowest BCUT2D eigenvalue weighted by molar-refractivity contribution is -0.137. The van der Waals surface area contributed by atoms with Crippen LogP contribution in [0.1, 0.15) is 18.2 Å². The Morgan fingerprint density at radius 3 is 2.57 bits per heavy atom. The highest BCUT2D eigenvalue weighted by Gasteiger charge is 2.19. The van der Waals surface area contributed by atoms with E-state index >= 15 is 0 Å². The first-order valence-corrected chi connectivity index (χ1v) is 9.13. The van der Waals surface area contributed by atoms with Crippen LogP contribution in [0.25, 0.3) is 6.08 Å². The molecule has 1 aromatic carbocycles. The van der Waals surface area contributed by atoms with Gasteiger partial charge in [0.05, 0.1) is 17.2 Å². The van der Waals surface area contributed by atoms with Crippen LogP contribution in [0.15, 0.2) is 52.0 Å². The standard InChI is InChI=1S/C16H16BrNO4S/c1-3-22-16(19)9-6-14-10-13(17)11-18(14)23(20,21)15-7-4-12(2)5-8-15/h4-11H,3H2,1-2H3/b9-6+. The van der Waals surface area contributed by atoms with Crippen molar-refractivity contribution in [3.05, 3.63) is 58.3 Å². The Hall–Kier alpha value is -1.86. The van der Waals surface area contributed by atoms with E-state index in [1.165, 1.54) is 18.3 Å². The Balaban J connectivity index is 2.43. The van der Waals surface area contributed by atoms with Gasteiger partial charge in [-0.1, -0.05) is 17.7 Å². The Morgan fingerprint density at radius 1 is 1.30 bits per heavy atom. The fraction of sp³-hybridized carbons (Fsp3) is 0.188. The van der Waals surface area contributed by atoms with Gasteiger partial charge in [-0.05, 0) is 54.1 Å². The number of halogens is 1. The van der Waals surface area contributed by atoms with E-state index in [-0.39, 0.29) is 11.5 Å². The summed E-state index contributed by atoms with van der Waals surface area (Å²) >= 11 is 3.26. The Bertz CT molecular complexity index is 835. The Morgan fingerprint density at radius 2 is 1.96 bits per heavy atom. The minimum absolute atomic E-state index is 0.178. The second-order valence-electron chi connectivity index (χ2n) is 4.78. The molecule has 0 aliphatic carbocycles. The maximum atomic E-state index is 12.7. The summed E-state index contributed by atoms with van der Waals surface area (Å²) in [6, 6.07) is 8.19. The lowest BCUT2D eigenvalue weighted by atomic mass is 10.2.